The van der Waals surface area contributed by atoms with Gasteiger partial charge in [0.05, 0.1) is 12.2 Å². The van der Waals surface area contributed by atoms with Crippen LogP contribution >= 0.6 is 0 Å². The fourth-order valence-electron chi connectivity index (χ4n) is 3.96. The van der Waals surface area contributed by atoms with Crippen molar-refractivity contribution >= 4 is 41.6 Å². The van der Waals surface area contributed by atoms with E-state index in [2.05, 4.69) is 25.9 Å². The molecule has 1 heterocycles. The number of guanidine groups is 1. The molecule has 1 atom stereocenters. The molecule has 4 amide bonds. The number of aryl methyl sites for hydroxylation is 1. The van der Waals surface area contributed by atoms with E-state index in [9.17, 15) is 41.9 Å². The number of Topliss-reactive ketones (excluding diaryl/α,β-unsaturated/α-hetero) is 1. The number of ether oxygens (including phenoxy) is 3. The number of alkyl carbamates (subject to hydrolysis) is 2. The van der Waals surface area contributed by atoms with E-state index < -0.39 is 77.9 Å². The Labute approximate surface area is 291 Å². The maximum absolute atomic E-state index is 13.5. The molecule has 2 rings (SSSR count). The molecule has 19 heteroatoms. The minimum Gasteiger partial charge on any atom is -0.444 e. The second-order valence-corrected chi connectivity index (χ2v) is 12.9. The summed E-state index contributed by atoms with van der Waals surface area (Å²) in [6.45, 7) is 9.56. The average molecular weight is 726 g/mol. The van der Waals surface area contributed by atoms with Crippen LogP contribution in [0.3, 0.4) is 0 Å². The van der Waals surface area contributed by atoms with Gasteiger partial charge in [0.2, 0.25) is 11.9 Å². The molecule has 0 aliphatic rings. The first kappa shape index (κ1) is 41.7. The number of hydrogen-bond acceptors (Lipinski definition) is 11. The van der Waals surface area contributed by atoms with Crippen LogP contribution in [0.15, 0.2) is 46.3 Å². The largest absolute Gasteiger partial charge is 0.452 e. The van der Waals surface area contributed by atoms with Crippen molar-refractivity contribution < 1.29 is 51.4 Å². The molecule has 0 radical (unpaired) electrons. The first-order valence-electron chi connectivity index (χ1n) is 15.5. The van der Waals surface area contributed by atoms with E-state index in [1.165, 1.54) is 6.92 Å². The van der Waals surface area contributed by atoms with Crippen LogP contribution in [-0.2, 0) is 37.0 Å². The zero-order chi connectivity index (χ0) is 38.6. The Balaban J connectivity index is 2.15. The molecular weight excluding hydrogens is 683 g/mol. The molecular formula is C32H42F3N7O9. The number of anilines is 1. The summed E-state index contributed by atoms with van der Waals surface area (Å²) < 4.78 is 56.6. The van der Waals surface area contributed by atoms with Gasteiger partial charge >= 0.3 is 24.5 Å². The third kappa shape index (κ3) is 15.7. The number of nitrogens with one attached hydrogen (secondary N) is 4. The first-order chi connectivity index (χ1) is 23.5. The van der Waals surface area contributed by atoms with Crippen LogP contribution in [0.2, 0.25) is 0 Å². The number of hydrogen-bond donors (Lipinski definition) is 4. The number of carbonyl (C=O) groups excluding carboxylic acids is 5. The molecule has 2 aromatic rings. The summed E-state index contributed by atoms with van der Waals surface area (Å²) in [6, 6.07) is 6.57. The van der Waals surface area contributed by atoms with Crippen LogP contribution in [0.4, 0.5) is 33.2 Å². The number of benzene rings is 1. The second-order valence-electron chi connectivity index (χ2n) is 12.9. The fourth-order valence-corrected chi connectivity index (χ4v) is 3.96. The minimum absolute atomic E-state index is 0.0195. The third-order valence-corrected chi connectivity index (χ3v) is 6.09. The van der Waals surface area contributed by atoms with Crippen LogP contribution in [-0.4, -0.2) is 75.4 Å². The maximum atomic E-state index is 13.5. The Kier molecular flexibility index (Phi) is 14.7. The molecule has 51 heavy (non-hydrogen) atoms. The van der Waals surface area contributed by atoms with Gasteiger partial charge in [0.15, 0.2) is 0 Å². The highest BCUT2D eigenvalue weighted by molar-refractivity contribution is 6.01. The summed E-state index contributed by atoms with van der Waals surface area (Å²) in [5.74, 6) is -3.87. The molecule has 1 unspecified atom stereocenters. The fraction of sp³-hybridized carbons (Fsp3) is 0.500. The lowest BCUT2D eigenvalue weighted by molar-refractivity contribution is -0.174. The Morgan fingerprint density at radius 3 is 2.00 bits per heavy atom. The van der Waals surface area contributed by atoms with Crippen molar-refractivity contribution in [3.63, 3.8) is 0 Å². The topological polar surface area (TPSA) is 208 Å². The average Bonchev–Trinajstić information content (AvgIpc) is 2.98. The zero-order valence-corrected chi connectivity index (χ0v) is 29.2. The smallest absolute Gasteiger partial charge is 0.444 e. The van der Waals surface area contributed by atoms with E-state index in [0.717, 1.165) is 10.8 Å². The lowest BCUT2D eigenvalue weighted by Crippen LogP contribution is -2.48. The van der Waals surface area contributed by atoms with Gasteiger partial charge in [-0.2, -0.15) is 13.2 Å². The second kappa shape index (κ2) is 18.0. The van der Waals surface area contributed by atoms with Gasteiger partial charge in [-0.1, -0.05) is 30.3 Å². The van der Waals surface area contributed by atoms with Crippen molar-refractivity contribution in [2.45, 2.75) is 97.9 Å². The van der Waals surface area contributed by atoms with Crippen molar-refractivity contribution in [2.75, 3.05) is 11.9 Å². The van der Waals surface area contributed by atoms with Gasteiger partial charge in [-0.05, 0) is 66.9 Å². The van der Waals surface area contributed by atoms with Gasteiger partial charge < -0.3 is 19.5 Å². The molecule has 280 valence electrons. The van der Waals surface area contributed by atoms with Crippen molar-refractivity contribution in [3.05, 3.63) is 58.3 Å². The van der Waals surface area contributed by atoms with Gasteiger partial charge in [-0.15, -0.1) is 0 Å². The number of ketones is 1. The summed E-state index contributed by atoms with van der Waals surface area (Å²) in [4.78, 5) is 82.9. The standard InChI is InChI=1S/C32H42F3N7O9/c1-19-37-16-22(39-27(46)49-18-20-12-9-8-10-13-20)25(45)42(19)17-23(43)38-21(24(44)32(33,34)35)14-11-15-36-26(40-28(47)50-30(2,3)4)41-29(48)51-31(5,6)7/h8-10,12-13,16,21H,11,14-15,17-18H2,1-7H3,(H,38,43)(H,39,46)(H2,36,40,41,47,48). The number of rotatable bonds is 11. The minimum atomic E-state index is -5.33. The highest BCUT2D eigenvalue weighted by atomic mass is 19.4. The molecule has 0 aliphatic carbocycles. The number of aliphatic imine (C=N–C) groups is 1. The van der Waals surface area contributed by atoms with E-state index >= 15 is 0 Å². The zero-order valence-electron chi connectivity index (χ0n) is 29.2. The Hall–Kier alpha value is -5.49. The molecule has 0 spiro atoms. The molecule has 0 bridgehead atoms. The first-order valence-corrected chi connectivity index (χ1v) is 15.5. The van der Waals surface area contributed by atoms with Gasteiger partial charge in [0, 0.05) is 6.54 Å². The molecule has 4 N–H and O–H groups in total. The van der Waals surface area contributed by atoms with Gasteiger partial charge in [0.25, 0.3) is 11.3 Å². The van der Waals surface area contributed by atoms with E-state index in [1.807, 2.05) is 5.32 Å². The van der Waals surface area contributed by atoms with Crippen LogP contribution in [0, 0.1) is 6.92 Å². The van der Waals surface area contributed by atoms with Gasteiger partial charge in [-0.3, -0.25) is 39.9 Å². The predicted octanol–water partition coefficient (Wildman–Crippen LogP) is 4.10. The van der Waals surface area contributed by atoms with E-state index in [1.54, 1.807) is 71.9 Å². The Morgan fingerprint density at radius 1 is 0.902 bits per heavy atom. The lowest BCUT2D eigenvalue weighted by atomic mass is 10.1. The Bertz CT molecular complexity index is 1620. The van der Waals surface area contributed by atoms with E-state index in [4.69, 9.17) is 14.2 Å². The highest BCUT2D eigenvalue weighted by Crippen LogP contribution is 2.20. The number of halogens is 3. The normalized spacial score (nSPS) is 12.1. The third-order valence-electron chi connectivity index (χ3n) is 6.09. The van der Waals surface area contributed by atoms with Crippen LogP contribution in [0.25, 0.3) is 0 Å². The van der Waals surface area contributed by atoms with E-state index in [-0.39, 0.29) is 31.1 Å². The van der Waals surface area contributed by atoms with Crippen LogP contribution in [0.5, 0.6) is 0 Å². The molecule has 0 saturated carbocycles. The van der Waals surface area contributed by atoms with Crippen LogP contribution in [0.1, 0.15) is 65.8 Å². The number of nitrogens with zero attached hydrogens (tertiary/aromatic N) is 3. The summed E-state index contributed by atoms with van der Waals surface area (Å²) in [5, 5.41) is 8.64. The van der Waals surface area contributed by atoms with Crippen molar-refractivity contribution in [1.82, 2.24) is 25.5 Å². The van der Waals surface area contributed by atoms with E-state index in [0.29, 0.717) is 5.56 Å². The van der Waals surface area contributed by atoms with Crippen LogP contribution < -0.4 is 26.8 Å². The number of alkyl halides is 3. The molecule has 0 saturated heterocycles. The summed E-state index contributed by atoms with van der Waals surface area (Å²) in [5.41, 5.74) is -2.45. The summed E-state index contributed by atoms with van der Waals surface area (Å²) in [6.07, 6.45) is -8.15. The van der Waals surface area contributed by atoms with Crippen molar-refractivity contribution in [2.24, 2.45) is 4.99 Å². The van der Waals surface area contributed by atoms with Crippen molar-refractivity contribution in [3.8, 4) is 0 Å². The predicted molar refractivity (Wildman–Crippen MR) is 177 cm³/mol. The molecule has 16 nitrogen and oxygen atoms in total. The lowest BCUT2D eigenvalue weighted by Gasteiger charge is -2.22. The molecule has 1 aromatic heterocycles. The van der Waals surface area contributed by atoms with Gasteiger partial charge in [0.1, 0.15) is 35.9 Å². The molecule has 0 fully saturated rings. The molecule has 1 aromatic carbocycles. The monoisotopic (exact) mass is 725 g/mol. The summed E-state index contributed by atoms with van der Waals surface area (Å²) >= 11 is 0. The number of carbonyl (C=O) groups is 5. The number of aromatic nitrogens is 2. The van der Waals surface area contributed by atoms with Gasteiger partial charge in [-0.25, -0.2) is 19.4 Å². The number of amides is 4. The maximum Gasteiger partial charge on any atom is 0.452 e. The van der Waals surface area contributed by atoms with Crippen molar-refractivity contribution in [1.29, 1.82) is 0 Å². The SMILES string of the molecule is Cc1ncc(NC(=O)OCc2ccccc2)c(=O)n1CC(=O)NC(CCCN=C(NC(=O)OC(C)(C)C)NC(=O)OC(C)(C)C)C(=O)C(F)(F)F. The molecule has 0 aliphatic heterocycles. The Morgan fingerprint density at radius 2 is 1.47 bits per heavy atom. The highest BCUT2D eigenvalue weighted by Gasteiger charge is 2.43. The summed E-state index contributed by atoms with van der Waals surface area (Å²) in [7, 11) is 0. The quantitative estimate of drug-likeness (QED) is 0.113.